The van der Waals surface area contributed by atoms with Crippen molar-refractivity contribution in [3.63, 3.8) is 0 Å². The molecule has 0 bridgehead atoms. The summed E-state index contributed by atoms with van der Waals surface area (Å²) in [4.78, 5) is 16.1. The van der Waals surface area contributed by atoms with Crippen molar-refractivity contribution in [1.82, 2.24) is 14.6 Å². The summed E-state index contributed by atoms with van der Waals surface area (Å²) in [6.45, 7) is 0. The number of anilines is 1. The van der Waals surface area contributed by atoms with E-state index in [1.807, 2.05) is 29.6 Å². The highest BCUT2D eigenvalue weighted by Gasteiger charge is 2.30. The molecule has 0 saturated heterocycles. The number of aromatic nitrogens is 3. The molecule has 1 aliphatic carbocycles. The average Bonchev–Trinajstić information content (AvgIpc) is 3.00. The summed E-state index contributed by atoms with van der Waals surface area (Å²) >= 11 is 1.64. The number of amides is 1. The molecule has 1 N–H and O–H groups in total. The van der Waals surface area contributed by atoms with Crippen molar-refractivity contribution in [1.29, 1.82) is 0 Å². The van der Waals surface area contributed by atoms with Crippen LogP contribution in [0.4, 0.5) is 5.95 Å². The van der Waals surface area contributed by atoms with Crippen LogP contribution in [0.15, 0.2) is 35.0 Å². The van der Waals surface area contributed by atoms with Crippen LogP contribution in [-0.4, -0.2) is 20.5 Å². The molecule has 0 spiro atoms. The lowest BCUT2D eigenvalue weighted by molar-refractivity contribution is -0.117. The molecule has 1 saturated carbocycles. The van der Waals surface area contributed by atoms with Crippen molar-refractivity contribution >= 4 is 28.8 Å². The van der Waals surface area contributed by atoms with Crippen LogP contribution in [0, 0.1) is 5.92 Å². The number of hydrogen-bond acceptors (Lipinski definition) is 4. The Morgan fingerprint density at radius 1 is 1.35 bits per heavy atom. The maximum Gasteiger partial charge on any atom is 0.249 e. The highest BCUT2D eigenvalue weighted by atomic mass is 32.1. The molecule has 1 aliphatic rings. The van der Waals surface area contributed by atoms with E-state index in [1.54, 1.807) is 15.9 Å². The molecule has 5 nitrogen and oxygen atoms in total. The summed E-state index contributed by atoms with van der Waals surface area (Å²) in [5.74, 6) is 0.556. The molecule has 3 heterocycles. The molecule has 3 aromatic heterocycles. The van der Waals surface area contributed by atoms with Gasteiger partial charge in [0.1, 0.15) is 0 Å². The van der Waals surface area contributed by atoms with Gasteiger partial charge in [-0.05, 0) is 36.4 Å². The maximum absolute atomic E-state index is 11.8. The molecule has 3 aromatic rings. The number of hydrogen-bond donors (Lipinski definition) is 1. The second-order valence-electron chi connectivity index (χ2n) is 4.89. The van der Waals surface area contributed by atoms with Crippen LogP contribution >= 0.6 is 11.3 Å². The third-order valence-electron chi connectivity index (χ3n) is 3.36. The molecule has 1 fully saturated rings. The van der Waals surface area contributed by atoms with E-state index in [1.165, 1.54) is 0 Å². The fraction of sp³-hybridized carbons (Fsp3) is 0.214. The lowest BCUT2D eigenvalue weighted by Gasteiger charge is -2.00. The SMILES string of the molecule is O=C(Nc1nc2cccc(-c3ccsc3)n2n1)C1CC1. The highest BCUT2D eigenvalue weighted by Crippen LogP contribution is 2.30. The number of nitrogens with zero attached hydrogens (tertiary/aromatic N) is 3. The van der Waals surface area contributed by atoms with Gasteiger partial charge in [-0.25, -0.2) is 4.52 Å². The van der Waals surface area contributed by atoms with Crippen molar-refractivity contribution in [2.45, 2.75) is 12.8 Å². The average molecular weight is 284 g/mol. The Morgan fingerprint density at radius 2 is 2.25 bits per heavy atom. The van der Waals surface area contributed by atoms with Gasteiger partial charge in [-0.3, -0.25) is 10.1 Å². The number of pyridine rings is 1. The highest BCUT2D eigenvalue weighted by molar-refractivity contribution is 7.08. The minimum atomic E-state index is 0.0259. The van der Waals surface area contributed by atoms with Gasteiger partial charge >= 0.3 is 0 Å². The Morgan fingerprint density at radius 3 is 3.00 bits per heavy atom. The van der Waals surface area contributed by atoms with E-state index in [-0.39, 0.29) is 11.8 Å². The molecule has 0 radical (unpaired) electrons. The van der Waals surface area contributed by atoms with Crippen LogP contribution in [0.5, 0.6) is 0 Å². The number of carbonyl (C=O) groups excluding carboxylic acids is 1. The third-order valence-corrected chi connectivity index (χ3v) is 4.04. The second-order valence-corrected chi connectivity index (χ2v) is 5.67. The summed E-state index contributed by atoms with van der Waals surface area (Å²) in [5.41, 5.74) is 2.81. The number of nitrogens with one attached hydrogen (secondary N) is 1. The van der Waals surface area contributed by atoms with E-state index < -0.39 is 0 Å². The molecule has 6 heteroatoms. The molecular formula is C14H12N4OS. The van der Waals surface area contributed by atoms with Crippen molar-refractivity contribution in [3.8, 4) is 11.3 Å². The third kappa shape index (κ3) is 1.98. The Hall–Kier alpha value is -2.21. The summed E-state index contributed by atoms with van der Waals surface area (Å²) in [5, 5.41) is 11.3. The molecule has 0 aliphatic heterocycles. The van der Waals surface area contributed by atoms with E-state index in [2.05, 4.69) is 20.8 Å². The predicted octanol–water partition coefficient (Wildman–Crippen LogP) is 2.81. The first kappa shape index (κ1) is 11.6. The zero-order valence-electron chi connectivity index (χ0n) is 10.6. The van der Waals surface area contributed by atoms with Crippen molar-refractivity contribution in [2.24, 2.45) is 5.92 Å². The first-order chi connectivity index (χ1) is 9.81. The van der Waals surface area contributed by atoms with Crippen LogP contribution in [-0.2, 0) is 4.79 Å². The maximum atomic E-state index is 11.8. The van der Waals surface area contributed by atoms with Crippen molar-refractivity contribution in [2.75, 3.05) is 5.32 Å². The number of thiophene rings is 1. The lowest BCUT2D eigenvalue weighted by Crippen LogP contribution is -2.14. The molecule has 0 unspecified atom stereocenters. The molecule has 4 rings (SSSR count). The van der Waals surface area contributed by atoms with E-state index in [0.717, 1.165) is 29.7 Å². The van der Waals surface area contributed by atoms with Gasteiger partial charge < -0.3 is 0 Å². The van der Waals surface area contributed by atoms with Gasteiger partial charge in [0.2, 0.25) is 11.9 Å². The van der Waals surface area contributed by atoms with Gasteiger partial charge in [-0.1, -0.05) is 6.07 Å². The molecule has 100 valence electrons. The molecule has 20 heavy (non-hydrogen) atoms. The second kappa shape index (κ2) is 4.42. The molecule has 1 amide bonds. The molecule has 0 aromatic carbocycles. The first-order valence-electron chi connectivity index (χ1n) is 6.50. The zero-order valence-corrected chi connectivity index (χ0v) is 11.4. The van der Waals surface area contributed by atoms with Crippen LogP contribution in [0.3, 0.4) is 0 Å². The van der Waals surface area contributed by atoms with E-state index in [4.69, 9.17) is 0 Å². The Kier molecular flexibility index (Phi) is 2.56. The summed E-state index contributed by atoms with van der Waals surface area (Å²) in [6, 6.07) is 7.87. The Balaban J connectivity index is 1.75. The number of rotatable bonds is 3. The lowest BCUT2D eigenvalue weighted by atomic mass is 10.2. The van der Waals surface area contributed by atoms with Gasteiger partial charge in [-0.2, -0.15) is 16.3 Å². The predicted molar refractivity (Wildman–Crippen MR) is 77.7 cm³/mol. The van der Waals surface area contributed by atoms with E-state index >= 15 is 0 Å². The van der Waals surface area contributed by atoms with Crippen LogP contribution in [0.25, 0.3) is 16.9 Å². The summed E-state index contributed by atoms with van der Waals surface area (Å²) in [6.07, 6.45) is 1.94. The van der Waals surface area contributed by atoms with E-state index in [9.17, 15) is 4.79 Å². The molecular weight excluding hydrogens is 272 g/mol. The normalized spacial score (nSPS) is 14.6. The van der Waals surface area contributed by atoms with Crippen molar-refractivity contribution in [3.05, 3.63) is 35.0 Å². The zero-order chi connectivity index (χ0) is 13.5. The van der Waals surface area contributed by atoms with Gasteiger partial charge in [0.15, 0.2) is 5.65 Å². The number of fused-ring (bicyclic) bond motifs is 1. The summed E-state index contributed by atoms with van der Waals surface area (Å²) < 4.78 is 1.77. The first-order valence-corrected chi connectivity index (χ1v) is 7.45. The van der Waals surface area contributed by atoms with Crippen LogP contribution < -0.4 is 5.32 Å². The minimum Gasteiger partial charge on any atom is -0.293 e. The largest absolute Gasteiger partial charge is 0.293 e. The van der Waals surface area contributed by atoms with Gasteiger partial charge in [0, 0.05) is 16.9 Å². The Labute approximate surface area is 119 Å². The Bertz CT molecular complexity index is 774. The van der Waals surface area contributed by atoms with Gasteiger partial charge in [-0.15, -0.1) is 5.10 Å². The molecule has 0 atom stereocenters. The van der Waals surface area contributed by atoms with Crippen molar-refractivity contribution < 1.29 is 4.79 Å². The van der Waals surface area contributed by atoms with Crippen LogP contribution in [0.2, 0.25) is 0 Å². The number of carbonyl (C=O) groups is 1. The quantitative estimate of drug-likeness (QED) is 0.804. The van der Waals surface area contributed by atoms with Crippen LogP contribution in [0.1, 0.15) is 12.8 Å². The fourth-order valence-corrected chi connectivity index (χ4v) is 2.79. The fourth-order valence-electron chi connectivity index (χ4n) is 2.14. The van der Waals surface area contributed by atoms with E-state index in [0.29, 0.717) is 5.95 Å². The summed E-state index contributed by atoms with van der Waals surface area (Å²) in [7, 11) is 0. The monoisotopic (exact) mass is 284 g/mol. The van der Waals surface area contributed by atoms with Gasteiger partial charge in [0.25, 0.3) is 0 Å². The minimum absolute atomic E-state index is 0.0259. The topological polar surface area (TPSA) is 59.3 Å². The smallest absolute Gasteiger partial charge is 0.249 e. The standard InChI is InChI=1S/C14H12N4OS/c19-13(9-4-5-9)16-14-15-12-3-1-2-11(18(12)17-14)10-6-7-20-8-10/h1-3,6-9H,4-5H2,(H,16,17,19). The van der Waals surface area contributed by atoms with Gasteiger partial charge in [0.05, 0.1) is 5.69 Å².